The number of rotatable bonds is 3. The lowest BCUT2D eigenvalue weighted by molar-refractivity contribution is -0.137. The molecule has 0 heterocycles. The van der Waals surface area contributed by atoms with Gasteiger partial charge < -0.3 is 5.32 Å². The number of benzene rings is 2. The van der Waals surface area contributed by atoms with Crippen LogP contribution in [0, 0.1) is 11.6 Å². The molecule has 0 bridgehead atoms. The molecule has 2 rings (SSSR count). The van der Waals surface area contributed by atoms with E-state index in [-0.39, 0.29) is 22.3 Å². The quantitative estimate of drug-likeness (QED) is 0.722. The first-order chi connectivity index (χ1) is 9.79. The Kier molecular flexibility index (Phi) is 4.51. The third-order valence-electron chi connectivity index (χ3n) is 2.80. The Balaban J connectivity index is 2.29. The second-order valence-electron chi connectivity index (χ2n) is 4.24. The summed E-state index contributed by atoms with van der Waals surface area (Å²) in [5, 5.41) is 2.42. The molecule has 2 aromatic carbocycles. The summed E-state index contributed by atoms with van der Waals surface area (Å²) in [5.74, 6) is -1.62. The minimum atomic E-state index is -4.57. The van der Waals surface area contributed by atoms with Crippen LogP contribution in [0.15, 0.2) is 40.9 Å². The van der Waals surface area contributed by atoms with E-state index in [0.717, 1.165) is 18.2 Å². The summed E-state index contributed by atoms with van der Waals surface area (Å²) >= 11 is 2.96. The molecule has 0 atom stereocenters. The van der Waals surface area contributed by atoms with Gasteiger partial charge in [0.1, 0.15) is 11.6 Å². The Bertz CT molecular complexity index is 634. The molecule has 0 aliphatic heterocycles. The first-order valence-electron chi connectivity index (χ1n) is 5.82. The number of anilines is 1. The summed E-state index contributed by atoms with van der Waals surface area (Å²) in [4.78, 5) is 0. The molecule has 0 saturated heterocycles. The molecule has 0 spiro atoms. The van der Waals surface area contributed by atoms with E-state index in [1.54, 1.807) is 0 Å². The van der Waals surface area contributed by atoms with Crippen LogP contribution in [0.5, 0.6) is 0 Å². The Morgan fingerprint density at radius 3 is 2.19 bits per heavy atom. The molecule has 2 aromatic rings. The van der Waals surface area contributed by atoms with Crippen molar-refractivity contribution in [1.82, 2.24) is 0 Å². The third-order valence-corrected chi connectivity index (χ3v) is 3.30. The highest BCUT2D eigenvalue weighted by Crippen LogP contribution is 2.36. The van der Waals surface area contributed by atoms with E-state index in [9.17, 15) is 22.0 Å². The van der Waals surface area contributed by atoms with Crippen LogP contribution in [0.25, 0.3) is 0 Å². The van der Waals surface area contributed by atoms with Crippen molar-refractivity contribution in [1.29, 1.82) is 0 Å². The summed E-state index contributed by atoms with van der Waals surface area (Å²) in [6, 6.07) is 6.80. The van der Waals surface area contributed by atoms with Crippen LogP contribution >= 0.6 is 15.9 Å². The lowest BCUT2D eigenvalue weighted by Gasteiger charge is -2.15. The van der Waals surface area contributed by atoms with Crippen molar-refractivity contribution in [3.05, 3.63) is 63.6 Å². The van der Waals surface area contributed by atoms with Gasteiger partial charge in [0, 0.05) is 22.3 Å². The van der Waals surface area contributed by atoms with Gasteiger partial charge in [0.05, 0.1) is 5.56 Å². The zero-order valence-corrected chi connectivity index (χ0v) is 12.0. The molecule has 0 amide bonds. The molecule has 0 aliphatic carbocycles. The largest absolute Gasteiger partial charge is 0.418 e. The summed E-state index contributed by atoms with van der Waals surface area (Å²) in [6.45, 7) is -0.386. The maximum Gasteiger partial charge on any atom is 0.418 e. The van der Waals surface area contributed by atoms with Crippen LogP contribution in [-0.2, 0) is 12.7 Å². The van der Waals surface area contributed by atoms with Crippen LogP contribution in [0.4, 0.5) is 27.6 Å². The highest BCUT2D eigenvalue weighted by Gasteiger charge is 2.33. The van der Waals surface area contributed by atoms with Gasteiger partial charge in [0.15, 0.2) is 0 Å². The lowest BCUT2D eigenvalue weighted by Crippen LogP contribution is -2.12. The maximum atomic E-state index is 13.4. The van der Waals surface area contributed by atoms with Gasteiger partial charge in [-0.25, -0.2) is 8.78 Å². The van der Waals surface area contributed by atoms with Crippen molar-refractivity contribution in [2.24, 2.45) is 0 Å². The average Bonchev–Trinajstić information content (AvgIpc) is 2.38. The zero-order valence-electron chi connectivity index (χ0n) is 10.4. The van der Waals surface area contributed by atoms with Crippen LogP contribution in [-0.4, -0.2) is 0 Å². The van der Waals surface area contributed by atoms with Gasteiger partial charge in [-0.2, -0.15) is 13.2 Å². The van der Waals surface area contributed by atoms with Gasteiger partial charge in [0.2, 0.25) is 0 Å². The Labute approximate surface area is 125 Å². The fourth-order valence-electron chi connectivity index (χ4n) is 1.79. The molecule has 7 heteroatoms. The van der Waals surface area contributed by atoms with Crippen molar-refractivity contribution in [3.8, 4) is 0 Å². The Hall–Kier alpha value is -1.63. The maximum absolute atomic E-state index is 13.4. The van der Waals surface area contributed by atoms with Gasteiger partial charge in [0.25, 0.3) is 0 Å². The van der Waals surface area contributed by atoms with Gasteiger partial charge in [-0.15, -0.1) is 0 Å². The van der Waals surface area contributed by atoms with E-state index in [1.165, 1.54) is 18.2 Å². The molecule has 0 aromatic heterocycles. The van der Waals surface area contributed by atoms with Crippen molar-refractivity contribution in [2.75, 3.05) is 5.32 Å². The van der Waals surface area contributed by atoms with Crippen molar-refractivity contribution in [3.63, 3.8) is 0 Å². The zero-order chi connectivity index (χ0) is 15.6. The summed E-state index contributed by atoms with van der Waals surface area (Å²) < 4.78 is 65.9. The monoisotopic (exact) mass is 365 g/mol. The van der Waals surface area contributed by atoms with Gasteiger partial charge in [-0.05, 0) is 30.3 Å². The molecule has 0 saturated carbocycles. The van der Waals surface area contributed by atoms with Gasteiger partial charge in [-0.3, -0.25) is 0 Å². The predicted octanol–water partition coefficient (Wildman–Crippen LogP) is 5.36. The first kappa shape index (κ1) is 15.8. The first-order valence-corrected chi connectivity index (χ1v) is 6.62. The fourth-order valence-corrected chi connectivity index (χ4v) is 2.15. The smallest absolute Gasteiger partial charge is 0.380 e. The minimum Gasteiger partial charge on any atom is -0.380 e. The summed E-state index contributed by atoms with van der Waals surface area (Å²) in [7, 11) is 0. The molecule has 1 nitrogen and oxygen atoms in total. The standard InChI is InChI=1S/C14H9BrF5N/c15-8-4-5-13(10(6-8)14(18,19)20)21-7-9-11(16)2-1-3-12(9)17/h1-6,21H,7H2. The minimum absolute atomic E-state index is 0.242. The van der Waals surface area contributed by atoms with Crippen molar-refractivity contribution >= 4 is 21.6 Å². The second kappa shape index (κ2) is 6.01. The average molecular weight is 366 g/mol. The Morgan fingerprint density at radius 2 is 1.62 bits per heavy atom. The van der Waals surface area contributed by atoms with Crippen LogP contribution in [0.3, 0.4) is 0 Å². The molecule has 0 radical (unpaired) electrons. The molecule has 21 heavy (non-hydrogen) atoms. The van der Waals surface area contributed by atoms with Crippen LogP contribution in [0.1, 0.15) is 11.1 Å². The van der Waals surface area contributed by atoms with Crippen LogP contribution < -0.4 is 5.32 Å². The number of halogens is 6. The van der Waals surface area contributed by atoms with Gasteiger partial charge in [-0.1, -0.05) is 22.0 Å². The molecular weight excluding hydrogens is 357 g/mol. The van der Waals surface area contributed by atoms with Crippen LogP contribution in [0.2, 0.25) is 0 Å². The number of hydrogen-bond acceptors (Lipinski definition) is 1. The number of hydrogen-bond donors (Lipinski definition) is 1. The highest BCUT2D eigenvalue weighted by atomic mass is 79.9. The molecule has 0 unspecified atom stereocenters. The lowest BCUT2D eigenvalue weighted by atomic mass is 10.1. The number of nitrogens with one attached hydrogen (secondary N) is 1. The van der Waals surface area contributed by atoms with E-state index in [2.05, 4.69) is 21.2 Å². The van der Waals surface area contributed by atoms with E-state index in [1.807, 2.05) is 0 Å². The summed E-state index contributed by atoms with van der Waals surface area (Å²) in [6.07, 6.45) is -4.57. The number of alkyl halides is 3. The normalized spacial score (nSPS) is 11.5. The molecule has 0 fully saturated rings. The molecular formula is C14H9BrF5N. The van der Waals surface area contributed by atoms with Crippen molar-refractivity contribution in [2.45, 2.75) is 12.7 Å². The van der Waals surface area contributed by atoms with E-state index < -0.39 is 23.4 Å². The molecule has 112 valence electrons. The third kappa shape index (κ3) is 3.72. The second-order valence-corrected chi connectivity index (χ2v) is 5.16. The fraction of sp³-hybridized carbons (Fsp3) is 0.143. The van der Waals surface area contributed by atoms with E-state index >= 15 is 0 Å². The van der Waals surface area contributed by atoms with Gasteiger partial charge >= 0.3 is 6.18 Å². The summed E-state index contributed by atoms with van der Waals surface area (Å²) in [5.41, 5.74) is -1.46. The van der Waals surface area contributed by atoms with Crippen molar-refractivity contribution < 1.29 is 22.0 Å². The van der Waals surface area contributed by atoms with E-state index in [4.69, 9.17) is 0 Å². The SMILES string of the molecule is Fc1cccc(F)c1CNc1ccc(Br)cc1C(F)(F)F. The molecule has 0 aliphatic rings. The Morgan fingerprint density at radius 1 is 1.00 bits per heavy atom. The molecule has 1 N–H and O–H groups in total. The predicted molar refractivity (Wildman–Crippen MR) is 72.8 cm³/mol. The van der Waals surface area contributed by atoms with E-state index in [0.29, 0.717) is 0 Å². The highest BCUT2D eigenvalue weighted by molar-refractivity contribution is 9.10. The topological polar surface area (TPSA) is 12.0 Å².